The van der Waals surface area contributed by atoms with Gasteiger partial charge in [-0.15, -0.1) is 17.0 Å². The van der Waals surface area contributed by atoms with Crippen LogP contribution in [0.4, 0.5) is 0 Å². The number of morpholine rings is 1. The fraction of sp³-hybridized carbons (Fsp3) is 1.00. The van der Waals surface area contributed by atoms with Gasteiger partial charge in [0, 0.05) is 13.1 Å². The predicted molar refractivity (Wildman–Crippen MR) is 38.6 cm³/mol. The fourth-order valence-electron chi connectivity index (χ4n) is 0.697. The standard InChI is InChI=1S/C5H11NO.BrH/c1-5-4-6-2-3-7-5;/h5-6H,2-4H2,1H3;1H/t5-;/m1./s1. The molecule has 0 spiro atoms. The molecule has 8 heavy (non-hydrogen) atoms. The van der Waals surface area contributed by atoms with Gasteiger partial charge in [0.25, 0.3) is 0 Å². The van der Waals surface area contributed by atoms with E-state index in [1.165, 1.54) is 0 Å². The molecule has 0 amide bonds. The fourth-order valence-corrected chi connectivity index (χ4v) is 0.697. The van der Waals surface area contributed by atoms with Crippen LogP contribution in [0.1, 0.15) is 6.92 Å². The summed E-state index contributed by atoms with van der Waals surface area (Å²) in [7, 11) is 0. The van der Waals surface area contributed by atoms with Crippen molar-refractivity contribution in [1.82, 2.24) is 5.32 Å². The second-order valence-electron chi connectivity index (χ2n) is 1.89. The van der Waals surface area contributed by atoms with E-state index < -0.39 is 0 Å². The van der Waals surface area contributed by atoms with Crippen molar-refractivity contribution in [3.8, 4) is 0 Å². The van der Waals surface area contributed by atoms with Crippen molar-refractivity contribution < 1.29 is 4.74 Å². The Kier molecular flexibility index (Phi) is 4.51. The molecule has 0 unspecified atom stereocenters. The molecule has 1 saturated heterocycles. The van der Waals surface area contributed by atoms with Crippen LogP contribution in [0.2, 0.25) is 0 Å². The van der Waals surface area contributed by atoms with Crippen molar-refractivity contribution in [3.05, 3.63) is 0 Å². The third-order valence-electron chi connectivity index (χ3n) is 1.11. The molecule has 0 radical (unpaired) electrons. The summed E-state index contributed by atoms with van der Waals surface area (Å²) in [5.74, 6) is 0. The van der Waals surface area contributed by atoms with Crippen LogP contribution in [0.5, 0.6) is 0 Å². The zero-order chi connectivity index (χ0) is 5.11. The van der Waals surface area contributed by atoms with Crippen LogP contribution in [0, 0.1) is 0 Å². The monoisotopic (exact) mass is 181 g/mol. The Morgan fingerprint density at radius 3 is 2.62 bits per heavy atom. The van der Waals surface area contributed by atoms with Gasteiger partial charge in [-0.2, -0.15) is 0 Å². The Morgan fingerprint density at radius 2 is 2.38 bits per heavy atom. The van der Waals surface area contributed by atoms with Gasteiger partial charge in [-0.1, -0.05) is 0 Å². The Balaban J connectivity index is 0.000000490. The number of ether oxygens (including phenoxy) is 1. The molecule has 0 aliphatic carbocycles. The van der Waals surface area contributed by atoms with Crippen molar-refractivity contribution in [2.75, 3.05) is 19.7 Å². The lowest BCUT2D eigenvalue weighted by molar-refractivity contribution is 0.0410. The van der Waals surface area contributed by atoms with Crippen LogP contribution < -0.4 is 5.32 Å². The highest BCUT2D eigenvalue weighted by Crippen LogP contribution is 1.91. The number of halogens is 1. The molecule has 1 aliphatic rings. The van der Waals surface area contributed by atoms with E-state index in [1.807, 2.05) is 0 Å². The summed E-state index contributed by atoms with van der Waals surface area (Å²) in [6.45, 7) is 4.98. The second-order valence-corrected chi connectivity index (χ2v) is 1.89. The molecule has 1 rings (SSSR count). The first-order valence-corrected chi connectivity index (χ1v) is 2.72. The summed E-state index contributed by atoms with van der Waals surface area (Å²) in [5, 5.41) is 3.21. The predicted octanol–water partition coefficient (Wildman–Crippen LogP) is 0.573. The van der Waals surface area contributed by atoms with E-state index in [0.717, 1.165) is 19.7 Å². The number of hydrogen-bond acceptors (Lipinski definition) is 2. The van der Waals surface area contributed by atoms with Gasteiger partial charge >= 0.3 is 0 Å². The van der Waals surface area contributed by atoms with E-state index in [2.05, 4.69) is 12.2 Å². The zero-order valence-corrected chi connectivity index (χ0v) is 6.73. The summed E-state index contributed by atoms with van der Waals surface area (Å²) in [6.07, 6.45) is 0.425. The Hall–Kier alpha value is 0.400. The topological polar surface area (TPSA) is 21.3 Å². The molecule has 1 aliphatic heterocycles. The Labute approximate surface area is 60.4 Å². The molecule has 0 aromatic carbocycles. The Bertz CT molecular complexity index is 54.4. The highest BCUT2D eigenvalue weighted by atomic mass is 79.9. The molecule has 0 aromatic heterocycles. The molecule has 1 atom stereocenters. The maximum atomic E-state index is 5.22. The lowest BCUT2D eigenvalue weighted by atomic mass is 10.3. The van der Waals surface area contributed by atoms with Gasteiger partial charge in [-0.25, -0.2) is 0 Å². The first-order valence-electron chi connectivity index (χ1n) is 2.72. The highest BCUT2D eigenvalue weighted by Gasteiger charge is 2.04. The average molecular weight is 182 g/mol. The normalized spacial score (nSPS) is 28.9. The third kappa shape index (κ3) is 2.64. The zero-order valence-electron chi connectivity index (χ0n) is 5.02. The first-order chi connectivity index (χ1) is 3.39. The summed E-state index contributed by atoms with van der Waals surface area (Å²) >= 11 is 0. The average Bonchev–Trinajstić information content (AvgIpc) is 1.69. The smallest absolute Gasteiger partial charge is 0.0672 e. The van der Waals surface area contributed by atoms with Gasteiger partial charge in [0.2, 0.25) is 0 Å². The van der Waals surface area contributed by atoms with E-state index in [4.69, 9.17) is 4.74 Å². The minimum atomic E-state index is 0. The van der Waals surface area contributed by atoms with Crippen LogP contribution in [0.15, 0.2) is 0 Å². The third-order valence-corrected chi connectivity index (χ3v) is 1.11. The minimum Gasteiger partial charge on any atom is -0.376 e. The molecule has 3 heteroatoms. The molecule has 1 heterocycles. The molecular formula is C5H12BrNO. The van der Waals surface area contributed by atoms with Gasteiger partial charge < -0.3 is 10.1 Å². The highest BCUT2D eigenvalue weighted by molar-refractivity contribution is 8.93. The van der Waals surface area contributed by atoms with Crippen LogP contribution in [0.3, 0.4) is 0 Å². The lowest BCUT2D eigenvalue weighted by Gasteiger charge is -2.18. The van der Waals surface area contributed by atoms with E-state index in [9.17, 15) is 0 Å². The summed E-state index contributed by atoms with van der Waals surface area (Å²) in [5.41, 5.74) is 0. The van der Waals surface area contributed by atoms with Crippen LogP contribution >= 0.6 is 17.0 Å². The molecule has 0 aromatic rings. The molecule has 50 valence electrons. The number of rotatable bonds is 0. The van der Waals surface area contributed by atoms with Crippen molar-refractivity contribution in [2.24, 2.45) is 0 Å². The van der Waals surface area contributed by atoms with Crippen molar-refractivity contribution >= 4 is 17.0 Å². The van der Waals surface area contributed by atoms with E-state index >= 15 is 0 Å². The summed E-state index contributed by atoms with van der Waals surface area (Å²) < 4.78 is 5.22. The maximum Gasteiger partial charge on any atom is 0.0672 e. The van der Waals surface area contributed by atoms with Gasteiger partial charge in [0.1, 0.15) is 0 Å². The Morgan fingerprint density at radius 1 is 1.62 bits per heavy atom. The van der Waals surface area contributed by atoms with E-state index in [1.54, 1.807) is 0 Å². The summed E-state index contributed by atoms with van der Waals surface area (Å²) in [4.78, 5) is 0. The minimum absolute atomic E-state index is 0. The summed E-state index contributed by atoms with van der Waals surface area (Å²) in [6, 6.07) is 0. The van der Waals surface area contributed by atoms with Gasteiger partial charge in [-0.3, -0.25) is 0 Å². The van der Waals surface area contributed by atoms with Crippen molar-refractivity contribution in [2.45, 2.75) is 13.0 Å². The molecule has 1 N–H and O–H groups in total. The number of hydrogen-bond donors (Lipinski definition) is 1. The quantitative estimate of drug-likeness (QED) is 0.591. The largest absolute Gasteiger partial charge is 0.376 e. The first kappa shape index (κ1) is 8.40. The van der Waals surface area contributed by atoms with Crippen LogP contribution in [0.25, 0.3) is 0 Å². The van der Waals surface area contributed by atoms with E-state index in [0.29, 0.717) is 6.10 Å². The van der Waals surface area contributed by atoms with Crippen LogP contribution in [-0.2, 0) is 4.74 Å². The van der Waals surface area contributed by atoms with Gasteiger partial charge in [-0.05, 0) is 6.92 Å². The molecule has 0 saturated carbocycles. The van der Waals surface area contributed by atoms with E-state index in [-0.39, 0.29) is 17.0 Å². The van der Waals surface area contributed by atoms with Crippen molar-refractivity contribution in [1.29, 1.82) is 0 Å². The number of nitrogens with one attached hydrogen (secondary N) is 1. The second kappa shape index (κ2) is 4.30. The molecular weight excluding hydrogens is 170 g/mol. The van der Waals surface area contributed by atoms with Gasteiger partial charge in [0.15, 0.2) is 0 Å². The molecule has 0 bridgehead atoms. The van der Waals surface area contributed by atoms with Crippen molar-refractivity contribution in [3.63, 3.8) is 0 Å². The SMILES string of the molecule is Br.C[C@@H]1CNCCO1. The molecule has 2 nitrogen and oxygen atoms in total. The lowest BCUT2D eigenvalue weighted by Crippen LogP contribution is -2.36. The molecule has 1 fully saturated rings. The van der Waals surface area contributed by atoms with Gasteiger partial charge in [0.05, 0.1) is 12.7 Å². The van der Waals surface area contributed by atoms with Crippen LogP contribution in [-0.4, -0.2) is 25.8 Å². The maximum absolute atomic E-state index is 5.22.